The van der Waals surface area contributed by atoms with E-state index in [1.165, 1.54) is 53.5 Å². The molecule has 2 heterocycles. The summed E-state index contributed by atoms with van der Waals surface area (Å²) in [6.07, 6.45) is 8.89. The number of nitrogens with zero attached hydrogens (tertiary/aromatic N) is 1. The molecule has 180 valence electrons. The number of piperidine rings is 1. The lowest BCUT2D eigenvalue weighted by Crippen LogP contribution is -2.43. The van der Waals surface area contributed by atoms with Crippen LogP contribution in [0.5, 0.6) is 0 Å². The molecule has 34 heavy (non-hydrogen) atoms. The predicted octanol–water partition coefficient (Wildman–Crippen LogP) is 4.54. The monoisotopic (exact) mass is 463 g/mol. The molecular formula is C28H33NO5. The summed E-state index contributed by atoms with van der Waals surface area (Å²) in [5, 5.41) is 15.6. The lowest BCUT2D eigenvalue weighted by atomic mass is 9.94. The van der Waals surface area contributed by atoms with Crippen molar-refractivity contribution in [3.8, 4) is 0 Å². The highest BCUT2D eigenvalue weighted by molar-refractivity contribution is 5.89. The van der Waals surface area contributed by atoms with Crippen LogP contribution in [0.3, 0.4) is 0 Å². The molecule has 0 amide bonds. The van der Waals surface area contributed by atoms with E-state index < -0.39 is 11.9 Å². The highest BCUT2D eigenvalue weighted by atomic mass is 16.5. The van der Waals surface area contributed by atoms with Crippen LogP contribution in [0, 0.1) is 6.92 Å². The molecular weight excluding hydrogens is 430 g/mol. The highest BCUT2D eigenvalue weighted by Crippen LogP contribution is 2.41. The average Bonchev–Trinajstić information content (AvgIpc) is 2.97. The molecule has 3 aliphatic rings. The van der Waals surface area contributed by atoms with Gasteiger partial charge >= 0.3 is 11.9 Å². The number of carboxylic acid groups (broad SMARTS) is 2. The quantitative estimate of drug-likeness (QED) is 0.648. The van der Waals surface area contributed by atoms with Gasteiger partial charge < -0.3 is 19.8 Å². The average molecular weight is 464 g/mol. The number of carbonyl (C=O) groups is 2. The SMILES string of the molecule is Cc1ccc2c(c1)C(OC1C[C@H]3CC[C@@H](C1)N3C)c1ccccc1CC2.O=C(O)/C=C\C(=O)O. The van der Waals surface area contributed by atoms with Crippen LogP contribution in [0.15, 0.2) is 54.6 Å². The van der Waals surface area contributed by atoms with Crippen molar-refractivity contribution >= 4 is 11.9 Å². The summed E-state index contributed by atoms with van der Waals surface area (Å²) in [4.78, 5) is 21.7. The van der Waals surface area contributed by atoms with Crippen molar-refractivity contribution in [2.24, 2.45) is 0 Å². The fraction of sp³-hybridized carbons (Fsp3) is 0.429. The van der Waals surface area contributed by atoms with Gasteiger partial charge in [0.1, 0.15) is 6.10 Å². The lowest BCUT2D eigenvalue weighted by Gasteiger charge is -2.38. The van der Waals surface area contributed by atoms with E-state index in [1.54, 1.807) is 0 Å². The van der Waals surface area contributed by atoms with Crippen LogP contribution < -0.4 is 0 Å². The molecule has 2 unspecified atom stereocenters. The number of benzene rings is 2. The minimum atomic E-state index is -1.26. The van der Waals surface area contributed by atoms with Gasteiger partial charge in [0.2, 0.25) is 0 Å². The second kappa shape index (κ2) is 10.5. The molecule has 2 fully saturated rings. The van der Waals surface area contributed by atoms with Crippen LogP contribution in [0.1, 0.15) is 59.6 Å². The van der Waals surface area contributed by atoms with Gasteiger partial charge in [-0.1, -0.05) is 48.0 Å². The van der Waals surface area contributed by atoms with E-state index in [4.69, 9.17) is 14.9 Å². The summed E-state index contributed by atoms with van der Waals surface area (Å²) in [7, 11) is 2.30. The molecule has 6 nitrogen and oxygen atoms in total. The van der Waals surface area contributed by atoms with Gasteiger partial charge in [0.25, 0.3) is 0 Å². The molecule has 1 aliphatic carbocycles. The van der Waals surface area contributed by atoms with E-state index in [0.29, 0.717) is 18.3 Å². The summed E-state index contributed by atoms with van der Waals surface area (Å²) in [6, 6.07) is 17.3. The maximum Gasteiger partial charge on any atom is 0.328 e. The first-order chi connectivity index (χ1) is 16.3. The van der Waals surface area contributed by atoms with Crippen molar-refractivity contribution in [3.63, 3.8) is 0 Å². The Morgan fingerprint density at radius 2 is 1.50 bits per heavy atom. The first-order valence-corrected chi connectivity index (χ1v) is 12.0. The zero-order valence-corrected chi connectivity index (χ0v) is 19.8. The van der Waals surface area contributed by atoms with Crippen LogP contribution >= 0.6 is 0 Å². The molecule has 2 N–H and O–H groups in total. The van der Waals surface area contributed by atoms with Gasteiger partial charge in [-0.25, -0.2) is 9.59 Å². The highest BCUT2D eigenvalue weighted by Gasteiger charge is 2.40. The maximum absolute atomic E-state index is 9.55. The number of fused-ring (bicyclic) bond motifs is 4. The Morgan fingerprint density at radius 1 is 0.912 bits per heavy atom. The van der Waals surface area contributed by atoms with Crippen molar-refractivity contribution in [3.05, 3.63) is 82.4 Å². The molecule has 0 spiro atoms. The van der Waals surface area contributed by atoms with Gasteiger partial charge in [-0.05, 0) is 74.8 Å². The Kier molecular flexibility index (Phi) is 7.49. The second-order valence-electron chi connectivity index (χ2n) is 9.57. The van der Waals surface area contributed by atoms with Crippen molar-refractivity contribution in [1.82, 2.24) is 4.90 Å². The molecule has 2 aliphatic heterocycles. The van der Waals surface area contributed by atoms with Crippen LogP contribution in [0.25, 0.3) is 0 Å². The molecule has 4 atom stereocenters. The first kappa shape index (κ1) is 24.2. The zero-order chi connectivity index (χ0) is 24.2. The third-order valence-corrected chi connectivity index (χ3v) is 7.34. The van der Waals surface area contributed by atoms with Crippen molar-refractivity contribution < 1.29 is 24.5 Å². The minimum Gasteiger partial charge on any atom is -0.478 e. The fourth-order valence-corrected chi connectivity index (χ4v) is 5.59. The maximum atomic E-state index is 9.55. The fourth-order valence-electron chi connectivity index (χ4n) is 5.59. The van der Waals surface area contributed by atoms with Gasteiger partial charge in [-0.15, -0.1) is 0 Å². The van der Waals surface area contributed by atoms with E-state index in [1.807, 2.05) is 0 Å². The lowest BCUT2D eigenvalue weighted by molar-refractivity contribution is -0.134. The largest absolute Gasteiger partial charge is 0.478 e. The Hall–Kier alpha value is -2.96. The number of carboxylic acids is 2. The van der Waals surface area contributed by atoms with E-state index in [-0.39, 0.29) is 6.10 Å². The van der Waals surface area contributed by atoms with Gasteiger partial charge in [-0.3, -0.25) is 0 Å². The van der Waals surface area contributed by atoms with Gasteiger partial charge in [0, 0.05) is 24.2 Å². The molecule has 2 bridgehead atoms. The van der Waals surface area contributed by atoms with E-state index >= 15 is 0 Å². The van der Waals surface area contributed by atoms with Crippen LogP contribution in [0.2, 0.25) is 0 Å². The number of hydrogen-bond donors (Lipinski definition) is 2. The van der Waals surface area contributed by atoms with Crippen LogP contribution in [-0.4, -0.2) is 52.3 Å². The third-order valence-electron chi connectivity index (χ3n) is 7.34. The first-order valence-electron chi connectivity index (χ1n) is 12.0. The summed E-state index contributed by atoms with van der Waals surface area (Å²) in [5.41, 5.74) is 7.06. The number of rotatable bonds is 4. The Balaban J connectivity index is 0.000000297. The van der Waals surface area contributed by atoms with Crippen molar-refractivity contribution in [1.29, 1.82) is 0 Å². The topological polar surface area (TPSA) is 87.1 Å². The Bertz CT molecular complexity index is 1050. The molecule has 2 saturated heterocycles. The molecule has 0 radical (unpaired) electrons. The van der Waals surface area contributed by atoms with E-state index in [2.05, 4.69) is 61.3 Å². The molecule has 2 aromatic rings. The molecule has 0 saturated carbocycles. The smallest absolute Gasteiger partial charge is 0.328 e. The molecule has 0 aromatic heterocycles. The standard InChI is InChI=1S/C24H29NO.C4H4O4/c1-16-7-8-18-10-9-17-5-3-4-6-22(17)24(23(18)13-16)26-21-14-19-11-12-20(15-21)25(19)2;5-3(6)1-2-4(7)8/h3-8,13,19-21,24H,9-12,14-15H2,1-2H3;1-2H,(H,5,6)(H,7,8)/b;2-1-/t19-,20+,21?,24?;. The summed E-state index contributed by atoms with van der Waals surface area (Å²) >= 11 is 0. The molecule has 6 heteroatoms. The number of aryl methyl sites for hydroxylation is 3. The van der Waals surface area contributed by atoms with Gasteiger partial charge in [0.05, 0.1) is 6.10 Å². The van der Waals surface area contributed by atoms with Crippen LogP contribution in [-0.2, 0) is 27.2 Å². The number of hydrogen-bond acceptors (Lipinski definition) is 4. The Morgan fingerprint density at radius 3 is 2.12 bits per heavy atom. The number of ether oxygens (including phenoxy) is 1. The van der Waals surface area contributed by atoms with Crippen molar-refractivity contribution in [2.75, 3.05) is 7.05 Å². The molecule has 2 aromatic carbocycles. The second-order valence-corrected chi connectivity index (χ2v) is 9.57. The third kappa shape index (κ3) is 5.57. The predicted molar refractivity (Wildman–Crippen MR) is 130 cm³/mol. The Labute approximate surface area is 200 Å². The van der Waals surface area contributed by atoms with Crippen LogP contribution in [0.4, 0.5) is 0 Å². The number of aliphatic carboxylic acids is 2. The summed E-state index contributed by atoms with van der Waals surface area (Å²) in [5.74, 6) is -2.51. The molecule has 5 rings (SSSR count). The van der Waals surface area contributed by atoms with Gasteiger partial charge in [-0.2, -0.15) is 0 Å². The van der Waals surface area contributed by atoms with Gasteiger partial charge in [0.15, 0.2) is 0 Å². The van der Waals surface area contributed by atoms with E-state index in [9.17, 15) is 9.59 Å². The zero-order valence-electron chi connectivity index (χ0n) is 19.8. The summed E-state index contributed by atoms with van der Waals surface area (Å²) in [6.45, 7) is 2.20. The van der Waals surface area contributed by atoms with Crippen molar-refractivity contribution in [2.45, 2.75) is 69.7 Å². The minimum absolute atomic E-state index is 0.0939. The summed E-state index contributed by atoms with van der Waals surface area (Å²) < 4.78 is 6.92. The normalized spacial score (nSPS) is 25.6. The van der Waals surface area contributed by atoms with E-state index in [0.717, 1.165) is 24.9 Å².